The average molecular weight is 346 g/mol. The number of aliphatic carboxylic acids is 1. The molecule has 126 valence electrons. The van der Waals surface area contributed by atoms with Crippen molar-refractivity contribution in [1.82, 2.24) is 5.09 Å². The lowest BCUT2D eigenvalue weighted by atomic mass is 10.0. The first kappa shape index (κ1) is 16.7. The van der Waals surface area contributed by atoms with Crippen LogP contribution in [-0.4, -0.2) is 21.6 Å². The molecule has 2 atom stereocenters. The van der Waals surface area contributed by atoms with Gasteiger partial charge in [0.05, 0.1) is 12.6 Å². The molecule has 7 heteroatoms. The van der Waals surface area contributed by atoms with Gasteiger partial charge in [0.2, 0.25) is 0 Å². The van der Waals surface area contributed by atoms with Crippen molar-refractivity contribution < 1.29 is 19.4 Å². The molecule has 1 aliphatic rings. The molecule has 2 aromatic carbocycles. The molecule has 0 bridgehead atoms. The van der Waals surface area contributed by atoms with Gasteiger partial charge in [-0.25, -0.2) is 5.09 Å². The summed E-state index contributed by atoms with van der Waals surface area (Å²) in [7, 11) is -3.79. The van der Waals surface area contributed by atoms with E-state index in [-0.39, 0.29) is 12.6 Å². The quantitative estimate of drug-likeness (QED) is 0.601. The van der Waals surface area contributed by atoms with E-state index < -0.39 is 19.2 Å². The van der Waals surface area contributed by atoms with E-state index in [1.165, 1.54) is 0 Å². The molecule has 0 fully saturated rings. The second-order valence-electron chi connectivity index (χ2n) is 6.07. The molecule has 1 heterocycles. The molecule has 4 N–H and O–H groups in total. The Labute approximate surface area is 140 Å². The lowest BCUT2D eigenvalue weighted by Crippen LogP contribution is -2.50. The van der Waals surface area contributed by atoms with Gasteiger partial charge in [0.1, 0.15) is 5.66 Å². The largest absolute Gasteiger partial charge is 0.481 e. The summed E-state index contributed by atoms with van der Waals surface area (Å²) < 4.78 is 12.7. The Kier molecular flexibility index (Phi) is 4.45. The highest BCUT2D eigenvalue weighted by Gasteiger charge is 2.43. The first-order chi connectivity index (χ1) is 11.4. The van der Waals surface area contributed by atoms with Crippen molar-refractivity contribution in [2.45, 2.75) is 24.7 Å². The number of nitrogens with one attached hydrogen (secondary N) is 2. The van der Waals surface area contributed by atoms with Gasteiger partial charge in [-0.05, 0) is 17.2 Å². The van der Waals surface area contributed by atoms with Crippen molar-refractivity contribution >= 4 is 19.2 Å². The maximum absolute atomic E-state index is 12.7. The van der Waals surface area contributed by atoms with Crippen LogP contribution in [0.5, 0.6) is 0 Å². The Morgan fingerprint density at radius 2 is 1.83 bits per heavy atom. The van der Waals surface area contributed by atoms with E-state index in [4.69, 9.17) is 0 Å². The third kappa shape index (κ3) is 3.85. The van der Waals surface area contributed by atoms with Gasteiger partial charge < -0.3 is 15.3 Å². The first-order valence-electron chi connectivity index (χ1n) is 7.61. The second-order valence-corrected chi connectivity index (χ2v) is 8.01. The molecule has 0 aromatic heterocycles. The number of fused-ring (bicyclic) bond motifs is 1. The zero-order chi connectivity index (χ0) is 17.2. The smallest absolute Gasteiger partial charge is 0.307 e. The monoisotopic (exact) mass is 346 g/mol. The predicted octanol–water partition coefficient (Wildman–Crippen LogP) is 2.80. The summed E-state index contributed by atoms with van der Waals surface area (Å²) >= 11 is 0. The van der Waals surface area contributed by atoms with E-state index in [1.807, 2.05) is 30.3 Å². The van der Waals surface area contributed by atoms with E-state index in [0.717, 1.165) is 16.8 Å². The Morgan fingerprint density at radius 3 is 2.50 bits per heavy atom. The van der Waals surface area contributed by atoms with Crippen LogP contribution in [0.4, 0.5) is 5.69 Å². The van der Waals surface area contributed by atoms with Gasteiger partial charge in [0.25, 0.3) is 7.52 Å². The number of anilines is 1. The molecule has 2 unspecified atom stereocenters. The minimum Gasteiger partial charge on any atom is -0.481 e. The summed E-state index contributed by atoms with van der Waals surface area (Å²) in [6.45, 7) is 0. The molecule has 24 heavy (non-hydrogen) atoms. The zero-order valence-corrected chi connectivity index (χ0v) is 13.9. The SMILES string of the molecule is O=C(O)CC1(NP(=O)(O)Cc2ccccc2)Cc2ccccc2N1. The van der Waals surface area contributed by atoms with Crippen LogP contribution in [-0.2, 0) is 21.9 Å². The number of carboxylic acids is 1. The van der Waals surface area contributed by atoms with E-state index >= 15 is 0 Å². The highest BCUT2D eigenvalue weighted by atomic mass is 31.2. The van der Waals surface area contributed by atoms with Crippen molar-refractivity contribution in [1.29, 1.82) is 0 Å². The van der Waals surface area contributed by atoms with Crippen LogP contribution in [0.2, 0.25) is 0 Å². The summed E-state index contributed by atoms with van der Waals surface area (Å²) in [5.41, 5.74) is 1.25. The van der Waals surface area contributed by atoms with E-state index in [9.17, 15) is 19.4 Å². The first-order valence-corrected chi connectivity index (χ1v) is 9.45. The van der Waals surface area contributed by atoms with E-state index in [1.54, 1.807) is 24.3 Å². The molecular formula is C17H19N2O4P. The van der Waals surface area contributed by atoms with Crippen molar-refractivity contribution in [3.05, 3.63) is 65.7 Å². The van der Waals surface area contributed by atoms with Gasteiger partial charge >= 0.3 is 5.97 Å². The number of rotatable bonds is 6. The molecule has 0 aliphatic carbocycles. The molecule has 6 nitrogen and oxygen atoms in total. The van der Waals surface area contributed by atoms with Gasteiger partial charge in [-0.1, -0.05) is 48.5 Å². The van der Waals surface area contributed by atoms with Crippen LogP contribution in [0.15, 0.2) is 54.6 Å². The minimum absolute atomic E-state index is 0.0623. The molecule has 2 aromatic rings. The lowest BCUT2D eigenvalue weighted by Gasteiger charge is -2.32. The number of hydrogen-bond donors (Lipinski definition) is 4. The van der Waals surface area contributed by atoms with Gasteiger partial charge in [0, 0.05) is 12.1 Å². The number of benzene rings is 2. The second kappa shape index (κ2) is 6.40. The summed E-state index contributed by atoms with van der Waals surface area (Å²) in [6.07, 6.45) is -0.0386. The summed E-state index contributed by atoms with van der Waals surface area (Å²) in [6, 6.07) is 16.4. The predicted molar refractivity (Wildman–Crippen MR) is 91.9 cm³/mol. The Bertz CT molecular complexity index is 769. The van der Waals surface area contributed by atoms with E-state index in [0.29, 0.717) is 6.42 Å². The van der Waals surface area contributed by atoms with Crippen LogP contribution < -0.4 is 10.4 Å². The Balaban J connectivity index is 1.83. The number of carboxylic acid groups (broad SMARTS) is 1. The fraction of sp³-hybridized carbons (Fsp3) is 0.235. The highest BCUT2D eigenvalue weighted by molar-refractivity contribution is 7.55. The number of para-hydroxylation sites is 1. The van der Waals surface area contributed by atoms with Crippen molar-refractivity contribution in [2.24, 2.45) is 0 Å². The van der Waals surface area contributed by atoms with Crippen molar-refractivity contribution in [2.75, 3.05) is 5.32 Å². The minimum atomic E-state index is -3.79. The van der Waals surface area contributed by atoms with Crippen LogP contribution in [0.3, 0.4) is 0 Å². The van der Waals surface area contributed by atoms with Gasteiger partial charge in [-0.3, -0.25) is 9.36 Å². The number of carbonyl (C=O) groups is 1. The van der Waals surface area contributed by atoms with Gasteiger partial charge in [-0.2, -0.15) is 0 Å². The standard InChI is InChI=1S/C17H19N2O4P/c20-16(21)11-17(10-14-8-4-5-9-15(14)18-17)19-24(22,23)12-13-6-2-1-3-7-13/h1-9,18H,10-12H2,(H,20,21)(H2,19,22,23). The van der Waals surface area contributed by atoms with Gasteiger partial charge in [0.15, 0.2) is 0 Å². The summed E-state index contributed by atoms with van der Waals surface area (Å²) in [5, 5.41) is 15.1. The molecule has 0 amide bonds. The maximum Gasteiger partial charge on any atom is 0.307 e. The van der Waals surface area contributed by atoms with Crippen LogP contribution in [0.25, 0.3) is 0 Å². The van der Waals surface area contributed by atoms with Crippen molar-refractivity contribution in [3.8, 4) is 0 Å². The topological polar surface area (TPSA) is 98.7 Å². The van der Waals surface area contributed by atoms with E-state index in [2.05, 4.69) is 10.4 Å². The summed E-state index contributed by atoms with van der Waals surface area (Å²) in [5.74, 6) is -1.04. The fourth-order valence-corrected chi connectivity index (χ4v) is 4.77. The normalized spacial score (nSPS) is 21.5. The molecule has 1 aliphatic heterocycles. The highest BCUT2D eigenvalue weighted by Crippen LogP contribution is 2.46. The third-order valence-electron chi connectivity index (χ3n) is 3.96. The lowest BCUT2D eigenvalue weighted by molar-refractivity contribution is -0.138. The molecule has 0 spiro atoms. The van der Waals surface area contributed by atoms with Crippen LogP contribution in [0.1, 0.15) is 17.5 Å². The number of hydrogen-bond acceptors (Lipinski definition) is 3. The van der Waals surface area contributed by atoms with Crippen LogP contribution in [0, 0.1) is 0 Å². The van der Waals surface area contributed by atoms with Gasteiger partial charge in [-0.15, -0.1) is 0 Å². The molecule has 0 saturated heterocycles. The third-order valence-corrected chi connectivity index (χ3v) is 5.54. The molecule has 3 rings (SSSR count). The Morgan fingerprint density at radius 1 is 1.17 bits per heavy atom. The molecule has 0 radical (unpaired) electrons. The Hall–Kier alpha value is -2.14. The molecular weight excluding hydrogens is 327 g/mol. The fourth-order valence-electron chi connectivity index (χ4n) is 3.10. The van der Waals surface area contributed by atoms with Crippen molar-refractivity contribution in [3.63, 3.8) is 0 Å². The zero-order valence-electron chi connectivity index (χ0n) is 13.0. The molecule has 0 saturated carbocycles. The summed E-state index contributed by atoms with van der Waals surface area (Å²) in [4.78, 5) is 21.7. The van der Waals surface area contributed by atoms with Crippen LogP contribution >= 0.6 is 7.52 Å². The maximum atomic E-state index is 12.7. The average Bonchev–Trinajstić information content (AvgIpc) is 2.83.